The summed E-state index contributed by atoms with van der Waals surface area (Å²) in [6, 6.07) is 0. The molecule has 27 atom stereocenters. The van der Waals surface area contributed by atoms with Gasteiger partial charge in [0.25, 0.3) is 0 Å². The van der Waals surface area contributed by atoms with Crippen LogP contribution in [0.1, 0.15) is 65.2 Å². The van der Waals surface area contributed by atoms with E-state index in [9.17, 15) is 132 Å². The molecule has 2 aliphatic carbocycles. The summed E-state index contributed by atoms with van der Waals surface area (Å²) >= 11 is 0. The second-order valence-corrected chi connectivity index (χ2v) is 21.6. The minimum absolute atomic E-state index is 0.0307. The standard InChI is InChI=1S/C52H90N2O35/c1-19(61)53-24(15-21(5-10-55)82-48(78)40(73)34(67)23-3-4-25(23)63)46(76)88-44(35(68)26(64)7-12-57)50(80)87-43(42(75)49(79)83-22(17-59)6-11-56)27(65)9-14-81-52-45(39(72)37(70)31(18-60)86-52)89-47(77)33(54-20(2)62)36(69)29(8-13-58)84-51-41(74)38(71)32-28(66)16-30(32)85-51/h15,21-23,25-32,35,37-39,41-52,55-60,63-80H,3-14,16-18H2,1-2H3,(H,53,61)(H,54,62)/b24-15-,36-33-,40-34+. The van der Waals surface area contributed by atoms with E-state index in [1.165, 1.54) is 0 Å². The van der Waals surface area contributed by atoms with Gasteiger partial charge in [0.15, 0.2) is 37.2 Å². The maximum atomic E-state index is 12.5. The molecule has 37 nitrogen and oxygen atoms in total. The quantitative estimate of drug-likeness (QED) is 0.0200. The van der Waals surface area contributed by atoms with Crippen LogP contribution >= 0.6 is 0 Å². The second-order valence-electron chi connectivity index (χ2n) is 21.6. The van der Waals surface area contributed by atoms with E-state index in [1.54, 1.807) is 0 Å². The van der Waals surface area contributed by atoms with Gasteiger partial charge in [-0.1, -0.05) is 0 Å². The number of ether oxygens (including phenoxy) is 9. The van der Waals surface area contributed by atoms with Crippen LogP contribution in [0, 0.1) is 11.8 Å². The van der Waals surface area contributed by atoms with Crippen LogP contribution in [0.3, 0.4) is 0 Å². The molecular weight excluding hydrogens is 1210 g/mol. The van der Waals surface area contributed by atoms with Gasteiger partial charge in [-0.3, -0.25) is 9.59 Å². The van der Waals surface area contributed by atoms with Crippen molar-refractivity contribution >= 4 is 11.8 Å². The fourth-order valence-electron chi connectivity index (χ4n) is 9.88. The normalized spacial score (nSPS) is 31.9. The zero-order valence-electron chi connectivity index (χ0n) is 48.5. The molecule has 37 heteroatoms. The molecule has 0 radical (unpaired) electrons. The van der Waals surface area contributed by atoms with E-state index in [0.29, 0.717) is 0 Å². The molecule has 0 spiro atoms. The van der Waals surface area contributed by atoms with Crippen molar-refractivity contribution in [3.05, 3.63) is 34.7 Å². The molecular formula is C52H90N2O35. The van der Waals surface area contributed by atoms with E-state index in [-0.39, 0.29) is 25.7 Å². The van der Waals surface area contributed by atoms with Gasteiger partial charge < -0.3 is 176 Å². The smallest absolute Gasteiger partial charge is 0.221 e. The van der Waals surface area contributed by atoms with E-state index in [2.05, 4.69) is 10.6 Å². The third kappa shape index (κ3) is 21.4. The summed E-state index contributed by atoms with van der Waals surface area (Å²) in [5, 5.41) is 261. The van der Waals surface area contributed by atoms with Crippen molar-refractivity contribution < 1.29 is 175 Å². The average Bonchev–Trinajstić information content (AvgIpc) is 0.905. The Labute approximate surface area is 508 Å². The molecule has 2 saturated carbocycles. The number of nitrogens with one attached hydrogen (secondary N) is 2. The molecule has 27 unspecified atom stereocenters. The van der Waals surface area contributed by atoms with Crippen molar-refractivity contribution in [2.45, 2.75) is 219 Å². The number of carbonyl (C=O) groups excluding carboxylic acids is 2. The van der Waals surface area contributed by atoms with Gasteiger partial charge >= 0.3 is 0 Å². The van der Waals surface area contributed by atoms with Crippen molar-refractivity contribution in [3.8, 4) is 0 Å². The van der Waals surface area contributed by atoms with Gasteiger partial charge in [-0.15, -0.1) is 0 Å². The zero-order chi connectivity index (χ0) is 66.7. The third-order valence-corrected chi connectivity index (χ3v) is 15.1. The van der Waals surface area contributed by atoms with Gasteiger partial charge in [0.05, 0.1) is 74.3 Å². The van der Waals surface area contributed by atoms with E-state index >= 15 is 0 Å². The average molecular weight is 1300 g/mol. The molecule has 2 aliphatic heterocycles. The maximum absolute atomic E-state index is 12.5. The Hall–Kier alpha value is -3.64. The minimum Gasteiger partial charge on any atom is -0.508 e. The summed E-state index contributed by atoms with van der Waals surface area (Å²) in [6.07, 6.45) is -52.2. The van der Waals surface area contributed by atoms with Crippen LogP contribution in [0.4, 0.5) is 0 Å². The molecule has 2 heterocycles. The van der Waals surface area contributed by atoms with E-state index in [0.717, 1.165) is 19.9 Å². The molecule has 0 aromatic rings. The summed E-state index contributed by atoms with van der Waals surface area (Å²) in [7, 11) is 0. The highest BCUT2D eigenvalue weighted by molar-refractivity contribution is 5.75. The van der Waals surface area contributed by atoms with Gasteiger partial charge in [0.1, 0.15) is 78.3 Å². The highest BCUT2D eigenvalue weighted by atomic mass is 16.7. The lowest BCUT2D eigenvalue weighted by atomic mass is 9.71. The van der Waals surface area contributed by atoms with Crippen LogP contribution in [0.5, 0.6) is 0 Å². The number of hydrogen-bond acceptors (Lipinski definition) is 35. The Morgan fingerprint density at radius 1 is 0.584 bits per heavy atom. The van der Waals surface area contributed by atoms with E-state index in [1.807, 2.05) is 0 Å². The first-order valence-corrected chi connectivity index (χ1v) is 28.5. The fourth-order valence-corrected chi connectivity index (χ4v) is 9.88. The van der Waals surface area contributed by atoms with Crippen molar-refractivity contribution in [1.29, 1.82) is 0 Å². The molecule has 26 N–H and O–H groups in total. The first-order chi connectivity index (χ1) is 42.0. The van der Waals surface area contributed by atoms with Gasteiger partial charge in [-0.25, -0.2) is 0 Å². The van der Waals surface area contributed by atoms with Crippen molar-refractivity contribution in [3.63, 3.8) is 0 Å². The Morgan fingerprint density at radius 3 is 1.78 bits per heavy atom. The first kappa shape index (κ1) is 77.8. The maximum Gasteiger partial charge on any atom is 0.221 e. The lowest BCUT2D eigenvalue weighted by Gasteiger charge is -2.51. The highest BCUT2D eigenvalue weighted by Crippen LogP contribution is 2.41. The SMILES string of the molecule is CC(=O)N/C(=C\C(CCO)OC(O)/C(O)=C(\O)C1CCC1O)C(O)OC(C(O)OC(C(O)CCOC1OC(CO)C(O)C(O)C1OC(O)/C(NC(C)=O)=C(/O)C(CCO)OC1OC2CC(O)C2C(O)C1O)C(O)C(O)OC(CO)CCO)C(O)C(O)CCO. The number of hydrogen-bond donors (Lipinski definition) is 26. The number of amides is 2. The number of aliphatic hydroxyl groups is 24. The number of aliphatic hydroxyl groups excluding tert-OH is 24. The second kappa shape index (κ2) is 37.3. The van der Waals surface area contributed by atoms with Crippen LogP contribution < -0.4 is 10.6 Å². The molecule has 4 rings (SSSR count). The predicted octanol–water partition coefficient (Wildman–Crippen LogP) is -10.4. The van der Waals surface area contributed by atoms with Crippen LogP contribution in [-0.2, 0) is 52.2 Å². The summed E-state index contributed by atoms with van der Waals surface area (Å²) in [6.45, 7) is -3.99. The molecule has 0 bridgehead atoms. The van der Waals surface area contributed by atoms with Crippen molar-refractivity contribution in [1.82, 2.24) is 10.6 Å². The van der Waals surface area contributed by atoms with E-state index in [4.69, 9.17) is 42.6 Å². The van der Waals surface area contributed by atoms with Crippen molar-refractivity contribution in [2.75, 3.05) is 46.2 Å². The summed E-state index contributed by atoms with van der Waals surface area (Å²) in [5.74, 6) is -6.89. The van der Waals surface area contributed by atoms with Gasteiger partial charge in [0, 0.05) is 71.4 Å². The third-order valence-electron chi connectivity index (χ3n) is 15.1. The molecule has 2 saturated heterocycles. The van der Waals surface area contributed by atoms with Gasteiger partial charge in [0.2, 0.25) is 24.4 Å². The predicted molar refractivity (Wildman–Crippen MR) is 287 cm³/mol. The van der Waals surface area contributed by atoms with Crippen LogP contribution in [0.15, 0.2) is 34.7 Å². The Balaban J connectivity index is 1.66. The summed E-state index contributed by atoms with van der Waals surface area (Å²) in [4.78, 5) is 24.9. The highest BCUT2D eigenvalue weighted by Gasteiger charge is 2.55. The number of fused-ring (bicyclic) bond motifs is 1. The minimum atomic E-state index is -2.85. The van der Waals surface area contributed by atoms with Crippen LogP contribution in [-0.4, -0.2) is 335 Å². The Kier molecular flexibility index (Phi) is 32.6. The van der Waals surface area contributed by atoms with Gasteiger partial charge in [-0.2, -0.15) is 0 Å². The number of carbonyl (C=O) groups is 2. The number of rotatable bonds is 40. The largest absolute Gasteiger partial charge is 0.508 e. The summed E-state index contributed by atoms with van der Waals surface area (Å²) < 4.78 is 49.9. The Morgan fingerprint density at radius 2 is 1.22 bits per heavy atom. The van der Waals surface area contributed by atoms with Crippen LogP contribution in [0.25, 0.3) is 0 Å². The van der Waals surface area contributed by atoms with E-state index < -0.39 is 278 Å². The first-order valence-electron chi connectivity index (χ1n) is 28.5. The molecule has 0 aromatic carbocycles. The Bertz CT molecular complexity index is 2220. The lowest BCUT2D eigenvalue weighted by molar-refractivity contribution is -0.334. The van der Waals surface area contributed by atoms with Crippen molar-refractivity contribution in [2.24, 2.45) is 11.8 Å². The molecule has 4 fully saturated rings. The summed E-state index contributed by atoms with van der Waals surface area (Å²) in [5.41, 5.74) is -1.72. The molecule has 4 aliphatic rings. The fraction of sp³-hybridized carbons (Fsp3) is 0.846. The van der Waals surface area contributed by atoms with Gasteiger partial charge in [-0.05, 0) is 38.2 Å². The molecule has 518 valence electrons. The molecule has 0 aromatic heterocycles. The lowest BCUT2D eigenvalue weighted by Crippen LogP contribution is -2.65. The monoisotopic (exact) mass is 1300 g/mol. The zero-order valence-corrected chi connectivity index (χ0v) is 48.5. The molecule has 89 heavy (non-hydrogen) atoms. The topological polar surface area (TPSA) is 627 Å². The molecule has 2 amide bonds. The van der Waals surface area contributed by atoms with Crippen LogP contribution in [0.2, 0.25) is 0 Å².